The van der Waals surface area contributed by atoms with Crippen LogP contribution in [0.2, 0.25) is 0 Å². The van der Waals surface area contributed by atoms with Gasteiger partial charge in [0.15, 0.2) is 0 Å². The number of sulfonamides is 1. The van der Waals surface area contributed by atoms with Crippen LogP contribution >= 0.6 is 0 Å². The van der Waals surface area contributed by atoms with E-state index in [0.29, 0.717) is 32.5 Å². The van der Waals surface area contributed by atoms with Crippen molar-refractivity contribution in [1.29, 1.82) is 0 Å². The van der Waals surface area contributed by atoms with Gasteiger partial charge in [-0.1, -0.05) is 85.8 Å². The molecule has 1 atom stereocenters. The van der Waals surface area contributed by atoms with Gasteiger partial charge in [-0.15, -0.1) is 6.58 Å². The van der Waals surface area contributed by atoms with Crippen LogP contribution in [0.4, 0.5) is 0 Å². The number of aryl methyl sites for hydroxylation is 1. The molecular formula is C30H35N3O4S. The first-order chi connectivity index (χ1) is 18.3. The average Bonchev–Trinajstić information content (AvgIpc) is 2.93. The number of nitrogens with zero attached hydrogens (tertiary/aromatic N) is 1. The highest BCUT2D eigenvalue weighted by atomic mass is 32.2. The second kappa shape index (κ2) is 14.3. The van der Waals surface area contributed by atoms with Gasteiger partial charge in [0.1, 0.15) is 6.04 Å². The highest BCUT2D eigenvalue weighted by Crippen LogP contribution is 2.18. The van der Waals surface area contributed by atoms with Gasteiger partial charge in [-0.05, 0) is 35.2 Å². The lowest BCUT2D eigenvalue weighted by molar-refractivity contribution is -0.141. The monoisotopic (exact) mass is 533 g/mol. The summed E-state index contributed by atoms with van der Waals surface area (Å²) in [5.41, 5.74) is 2.71. The first-order valence-corrected chi connectivity index (χ1v) is 14.2. The molecule has 7 nitrogen and oxygen atoms in total. The number of hydrogen-bond donors (Lipinski definition) is 2. The Balaban J connectivity index is 1.83. The minimum absolute atomic E-state index is 0.159. The van der Waals surface area contributed by atoms with E-state index in [9.17, 15) is 18.0 Å². The van der Waals surface area contributed by atoms with Crippen LogP contribution < -0.4 is 10.0 Å². The summed E-state index contributed by atoms with van der Waals surface area (Å²) in [6, 6.07) is 25.0. The van der Waals surface area contributed by atoms with E-state index in [1.54, 1.807) is 42.2 Å². The van der Waals surface area contributed by atoms with Gasteiger partial charge in [0.05, 0.1) is 4.90 Å². The van der Waals surface area contributed by atoms with Crippen molar-refractivity contribution in [2.75, 3.05) is 13.1 Å². The summed E-state index contributed by atoms with van der Waals surface area (Å²) in [6.45, 7) is 6.31. The normalized spacial score (nSPS) is 11.9. The van der Waals surface area contributed by atoms with Crippen LogP contribution in [0.3, 0.4) is 0 Å². The van der Waals surface area contributed by atoms with Crippen LogP contribution in [0.15, 0.2) is 102 Å². The number of benzene rings is 3. The van der Waals surface area contributed by atoms with Gasteiger partial charge in [-0.2, -0.15) is 0 Å². The molecule has 0 bridgehead atoms. The predicted octanol–water partition coefficient (Wildman–Crippen LogP) is 3.86. The minimum atomic E-state index is -3.54. The first-order valence-electron chi connectivity index (χ1n) is 12.7. The van der Waals surface area contributed by atoms with E-state index >= 15 is 0 Å². The van der Waals surface area contributed by atoms with E-state index in [1.165, 1.54) is 0 Å². The molecule has 0 aliphatic rings. The Morgan fingerprint density at radius 3 is 2.08 bits per heavy atom. The molecule has 0 radical (unpaired) electrons. The Morgan fingerprint density at radius 1 is 0.895 bits per heavy atom. The molecule has 0 unspecified atom stereocenters. The molecule has 0 aromatic heterocycles. The lowest BCUT2D eigenvalue weighted by Gasteiger charge is -2.31. The Bertz CT molecular complexity index is 1290. The summed E-state index contributed by atoms with van der Waals surface area (Å²) >= 11 is 0. The molecule has 2 amide bonds. The Labute approximate surface area is 225 Å². The van der Waals surface area contributed by atoms with Crippen molar-refractivity contribution < 1.29 is 18.0 Å². The fourth-order valence-corrected chi connectivity index (χ4v) is 5.17. The van der Waals surface area contributed by atoms with E-state index < -0.39 is 16.1 Å². The summed E-state index contributed by atoms with van der Waals surface area (Å²) in [4.78, 5) is 28.8. The van der Waals surface area contributed by atoms with Crippen molar-refractivity contribution in [2.24, 2.45) is 0 Å². The second-order valence-corrected chi connectivity index (χ2v) is 10.7. The summed E-state index contributed by atoms with van der Waals surface area (Å²) in [5, 5.41) is 2.86. The standard InChI is InChI=1S/C30H35N3O4S/c1-3-21-31-30(35)28(22-25-11-7-5-8-12-25)33(23-26-13-9-6-10-14-26)29(34)20-17-24-15-18-27(19-16-24)38(36,37)32-4-2/h3,5-16,18-19,28,32H,1,4,17,20-23H2,2H3,(H,31,35)/t28-/m0/s1. The number of carbonyl (C=O) groups is 2. The van der Waals surface area contributed by atoms with Crippen LogP contribution in [0.25, 0.3) is 0 Å². The second-order valence-electron chi connectivity index (χ2n) is 8.89. The molecular weight excluding hydrogens is 498 g/mol. The van der Waals surface area contributed by atoms with Crippen molar-refractivity contribution in [3.8, 4) is 0 Å². The molecule has 0 heterocycles. The maximum atomic E-state index is 13.7. The van der Waals surface area contributed by atoms with Gasteiger partial charge in [0.25, 0.3) is 0 Å². The fourth-order valence-electron chi connectivity index (χ4n) is 4.13. The van der Waals surface area contributed by atoms with Crippen molar-refractivity contribution >= 4 is 21.8 Å². The highest BCUT2D eigenvalue weighted by Gasteiger charge is 2.30. The van der Waals surface area contributed by atoms with Gasteiger partial charge >= 0.3 is 0 Å². The molecule has 200 valence electrons. The summed E-state index contributed by atoms with van der Waals surface area (Å²) in [5.74, 6) is -0.399. The first kappa shape index (κ1) is 28.8. The van der Waals surface area contributed by atoms with E-state index in [2.05, 4.69) is 16.6 Å². The molecule has 0 fully saturated rings. The molecule has 0 aliphatic heterocycles. The smallest absolute Gasteiger partial charge is 0.243 e. The largest absolute Gasteiger partial charge is 0.351 e. The molecule has 0 aliphatic carbocycles. The maximum Gasteiger partial charge on any atom is 0.243 e. The van der Waals surface area contributed by atoms with Crippen molar-refractivity contribution in [3.63, 3.8) is 0 Å². The molecule has 0 spiro atoms. The van der Waals surface area contributed by atoms with Gasteiger partial charge in [0, 0.05) is 32.5 Å². The number of carbonyl (C=O) groups excluding carboxylic acids is 2. The predicted molar refractivity (Wildman–Crippen MR) is 150 cm³/mol. The molecule has 0 saturated carbocycles. The zero-order valence-electron chi connectivity index (χ0n) is 21.7. The summed E-state index contributed by atoms with van der Waals surface area (Å²) in [6.07, 6.45) is 2.57. The average molecular weight is 534 g/mol. The lowest BCUT2D eigenvalue weighted by atomic mass is 10.0. The van der Waals surface area contributed by atoms with Gasteiger partial charge < -0.3 is 10.2 Å². The van der Waals surface area contributed by atoms with Gasteiger partial charge in [-0.3, -0.25) is 9.59 Å². The number of amides is 2. The van der Waals surface area contributed by atoms with Crippen LogP contribution in [-0.4, -0.2) is 44.3 Å². The Hall–Kier alpha value is -3.75. The Morgan fingerprint density at radius 2 is 1.50 bits per heavy atom. The minimum Gasteiger partial charge on any atom is -0.351 e. The lowest BCUT2D eigenvalue weighted by Crippen LogP contribution is -2.50. The molecule has 0 saturated heterocycles. The third-order valence-corrected chi connectivity index (χ3v) is 7.64. The van der Waals surface area contributed by atoms with Crippen LogP contribution in [0.5, 0.6) is 0 Å². The fraction of sp³-hybridized carbons (Fsp3) is 0.267. The molecule has 38 heavy (non-hydrogen) atoms. The topological polar surface area (TPSA) is 95.6 Å². The van der Waals surface area contributed by atoms with Gasteiger partial charge in [0.2, 0.25) is 21.8 Å². The molecule has 3 aromatic rings. The van der Waals surface area contributed by atoms with Crippen LogP contribution in [0.1, 0.15) is 30.0 Å². The van der Waals surface area contributed by atoms with E-state index in [0.717, 1.165) is 16.7 Å². The van der Waals surface area contributed by atoms with E-state index in [4.69, 9.17) is 0 Å². The zero-order chi connectivity index (χ0) is 27.4. The summed E-state index contributed by atoms with van der Waals surface area (Å²) < 4.78 is 26.9. The third-order valence-electron chi connectivity index (χ3n) is 6.08. The van der Waals surface area contributed by atoms with E-state index in [-0.39, 0.29) is 23.1 Å². The highest BCUT2D eigenvalue weighted by molar-refractivity contribution is 7.89. The molecule has 2 N–H and O–H groups in total. The number of hydrogen-bond acceptors (Lipinski definition) is 4. The zero-order valence-corrected chi connectivity index (χ0v) is 22.5. The number of rotatable bonds is 14. The van der Waals surface area contributed by atoms with Crippen LogP contribution in [0, 0.1) is 0 Å². The van der Waals surface area contributed by atoms with E-state index in [1.807, 2.05) is 60.7 Å². The SMILES string of the molecule is C=CCNC(=O)[C@H](Cc1ccccc1)N(Cc1ccccc1)C(=O)CCc1ccc(S(=O)(=O)NCC)cc1. The quantitative estimate of drug-likeness (QED) is 0.308. The van der Waals surface area contributed by atoms with Gasteiger partial charge in [-0.25, -0.2) is 13.1 Å². The van der Waals surface area contributed by atoms with Crippen molar-refractivity contribution in [2.45, 2.75) is 43.7 Å². The third kappa shape index (κ3) is 8.39. The molecule has 8 heteroatoms. The van der Waals surface area contributed by atoms with Crippen molar-refractivity contribution in [3.05, 3.63) is 114 Å². The molecule has 3 aromatic carbocycles. The maximum absolute atomic E-state index is 13.7. The van der Waals surface area contributed by atoms with Crippen LogP contribution in [-0.2, 0) is 39.0 Å². The van der Waals surface area contributed by atoms with Crippen molar-refractivity contribution in [1.82, 2.24) is 14.9 Å². The Kier molecular flexibility index (Phi) is 10.8. The number of nitrogens with one attached hydrogen (secondary N) is 2. The molecule has 3 rings (SSSR count). The summed E-state index contributed by atoms with van der Waals surface area (Å²) in [7, 11) is -3.54.